The molecule has 0 N–H and O–H groups in total. The van der Waals surface area contributed by atoms with E-state index in [1.54, 1.807) is 12.1 Å². The number of fused-ring (bicyclic) bond motifs is 1. The molecule has 0 saturated carbocycles. The number of esters is 1. The van der Waals surface area contributed by atoms with Crippen LogP contribution < -0.4 is 0 Å². The van der Waals surface area contributed by atoms with Crippen LogP contribution >= 0.6 is 11.6 Å². The lowest BCUT2D eigenvalue weighted by atomic mass is 9.97. The number of hydrogen-bond acceptors (Lipinski definition) is 4. The average molecular weight is 361 g/mol. The van der Waals surface area contributed by atoms with Gasteiger partial charge in [0.1, 0.15) is 5.15 Å². The van der Waals surface area contributed by atoms with Crippen molar-refractivity contribution in [1.82, 2.24) is 9.88 Å². The fourth-order valence-electron chi connectivity index (χ4n) is 3.50. The fourth-order valence-corrected chi connectivity index (χ4v) is 3.70. The Labute approximate surface area is 151 Å². The third-order valence-electron chi connectivity index (χ3n) is 4.71. The van der Waals surface area contributed by atoms with E-state index < -0.39 is 5.97 Å². The molecule has 0 radical (unpaired) electrons. The number of carbonyl (C=O) groups excluding carboxylic acids is 2. The Morgan fingerprint density at radius 2 is 1.92 bits per heavy atom. The van der Waals surface area contributed by atoms with Crippen molar-refractivity contribution in [2.24, 2.45) is 0 Å². The number of ether oxygens (including phenoxy) is 1. The van der Waals surface area contributed by atoms with Crippen molar-refractivity contribution in [1.29, 1.82) is 0 Å². The molecule has 1 fully saturated rings. The number of hydrogen-bond donors (Lipinski definition) is 0. The number of rotatable bonds is 3. The van der Waals surface area contributed by atoms with Crippen LogP contribution in [0.1, 0.15) is 43.5 Å². The van der Waals surface area contributed by atoms with E-state index in [2.05, 4.69) is 4.98 Å². The van der Waals surface area contributed by atoms with E-state index in [1.807, 2.05) is 30.9 Å². The van der Waals surface area contributed by atoms with Gasteiger partial charge in [0.05, 0.1) is 11.1 Å². The van der Waals surface area contributed by atoms with Crippen molar-refractivity contribution in [2.75, 3.05) is 6.61 Å². The number of halogens is 1. The van der Waals surface area contributed by atoms with Gasteiger partial charge in [-0.15, -0.1) is 0 Å². The zero-order valence-corrected chi connectivity index (χ0v) is 15.1. The summed E-state index contributed by atoms with van der Waals surface area (Å²) < 4.78 is 5.29. The number of aromatic nitrogens is 1. The summed E-state index contributed by atoms with van der Waals surface area (Å²) >= 11 is 6.00. The number of amides is 1. The molecule has 1 aromatic carbocycles. The lowest BCUT2D eigenvalue weighted by molar-refractivity contribution is -0.140. The van der Waals surface area contributed by atoms with Gasteiger partial charge in [-0.1, -0.05) is 29.8 Å². The normalized spacial score (nSPS) is 20.5. The maximum atomic E-state index is 12.5. The molecule has 3 rings (SSSR count). The third-order valence-corrected chi connectivity index (χ3v) is 4.91. The molecule has 0 bridgehead atoms. The maximum absolute atomic E-state index is 12.5. The van der Waals surface area contributed by atoms with Crippen molar-refractivity contribution in [3.63, 3.8) is 0 Å². The monoisotopic (exact) mass is 360 g/mol. The number of para-hydroxylation sites is 1. The first-order valence-electron chi connectivity index (χ1n) is 8.51. The molecule has 1 aliphatic rings. The van der Waals surface area contributed by atoms with Crippen LogP contribution in [0.25, 0.3) is 10.9 Å². The number of pyridine rings is 1. The Morgan fingerprint density at radius 3 is 2.64 bits per heavy atom. The van der Waals surface area contributed by atoms with E-state index >= 15 is 0 Å². The van der Waals surface area contributed by atoms with E-state index in [0.717, 1.165) is 19.3 Å². The number of likely N-dealkylation sites (tertiary alicyclic amines) is 1. The van der Waals surface area contributed by atoms with E-state index in [9.17, 15) is 9.59 Å². The van der Waals surface area contributed by atoms with Crippen LogP contribution in [0, 0.1) is 0 Å². The Morgan fingerprint density at radius 1 is 1.24 bits per heavy atom. The van der Waals surface area contributed by atoms with Crippen molar-refractivity contribution in [2.45, 2.75) is 45.2 Å². The standard InChI is InChI=1S/C19H21ClN2O3/c1-12-6-5-7-13(2)22(12)18(23)11-25-19(24)15-10-17(20)21-16-9-4-3-8-14(15)16/h3-4,8-10,12-13H,5-7,11H2,1-2H3/t12-,13-/m0/s1. The highest BCUT2D eigenvalue weighted by molar-refractivity contribution is 6.30. The summed E-state index contributed by atoms with van der Waals surface area (Å²) in [5.41, 5.74) is 0.940. The topological polar surface area (TPSA) is 59.5 Å². The van der Waals surface area contributed by atoms with Crippen LogP contribution in [0.15, 0.2) is 30.3 Å². The molecule has 6 heteroatoms. The van der Waals surface area contributed by atoms with E-state index in [4.69, 9.17) is 16.3 Å². The number of carbonyl (C=O) groups is 2. The molecule has 2 aromatic rings. The molecule has 2 atom stereocenters. The van der Waals surface area contributed by atoms with Gasteiger partial charge >= 0.3 is 5.97 Å². The minimum absolute atomic E-state index is 0.155. The minimum Gasteiger partial charge on any atom is -0.452 e. The predicted octanol–water partition coefficient (Wildman–Crippen LogP) is 3.83. The molecular weight excluding hydrogens is 340 g/mol. The van der Waals surface area contributed by atoms with E-state index in [-0.39, 0.29) is 29.8 Å². The van der Waals surface area contributed by atoms with Crippen LogP contribution in [0.2, 0.25) is 5.15 Å². The first-order chi connectivity index (χ1) is 12.0. The maximum Gasteiger partial charge on any atom is 0.339 e. The highest BCUT2D eigenvalue weighted by atomic mass is 35.5. The number of benzene rings is 1. The molecule has 2 heterocycles. The summed E-state index contributed by atoms with van der Waals surface area (Å²) in [4.78, 5) is 31.0. The van der Waals surface area contributed by atoms with Crippen LogP contribution in [-0.4, -0.2) is 40.5 Å². The second-order valence-corrected chi connectivity index (χ2v) is 6.90. The molecule has 0 unspecified atom stereocenters. The fraction of sp³-hybridized carbons (Fsp3) is 0.421. The van der Waals surface area contributed by atoms with Gasteiger partial charge < -0.3 is 9.64 Å². The summed E-state index contributed by atoms with van der Waals surface area (Å²) in [5.74, 6) is -0.719. The zero-order chi connectivity index (χ0) is 18.0. The van der Waals surface area contributed by atoms with Gasteiger partial charge in [0, 0.05) is 17.5 Å². The van der Waals surface area contributed by atoms with Crippen LogP contribution in [0.3, 0.4) is 0 Å². The molecule has 1 saturated heterocycles. The Balaban J connectivity index is 1.74. The van der Waals surface area contributed by atoms with E-state index in [1.165, 1.54) is 6.07 Å². The molecule has 132 valence electrons. The molecule has 1 amide bonds. The second kappa shape index (κ2) is 7.40. The lowest BCUT2D eigenvalue weighted by Crippen LogP contribution is -2.49. The van der Waals surface area contributed by atoms with Crippen LogP contribution in [-0.2, 0) is 9.53 Å². The number of nitrogens with zero attached hydrogens (tertiary/aromatic N) is 2. The SMILES string of the molecule is C[C@H]1CCC[C@H](C)N1C(=O)COC(=O)c1cc(Cl)nc2ccccc12. The van der Waals surface area contributed by atoms with Crippen molar-refractivity contribution >= 4 is 34.4 Å². The van der Waals surface area contributed by atoms with Crippen LogP contribution in [0.5, 0.6) is 0 Å². The molecular formula is C19H21ClN2O3. The van der Waals surface area contributed by atoms with Crippen molar-refractivity contribution < 1.29 is 14.3 Å². The Kier molecular flexibility index (Phi) is 5.23. The lowest BCUT2D eigenvalue weighted by Gasteiger charge is -2.38. The molecule has 5 nitrogen and oxygen atoms in total. The van der Waals surface area contributed by atoms with Gasteiger partial charge in [0.25, 0.3) is 5.91 Å². The zero-order valence-electron chi connectivity index (χ0n) is 14.4. The predicted molar refractivity (Wildman–Crippen MR) is 96.7 cm³/mol. The smallest absolute Gasteiger partial charge is 0.339 e. The molecule has 25 heavy (non-hydrogen) atoms. The minimum atomic E-state index is -0.564. The van der Waals surface area contributed by atoms with Gasteiger partial charge in [0.15, 0.2) is 6.61 Å². The second-order valence-electron chi connectivity index (χ2n) is 6.52. The summed E-state index contributed by atoms with van der Waals surface area (Å²) in [6, 6.07) is 9.02. The molecule has 0 spiro atoms. The number of piperidine rings is 1. The van der Waals surface area contributed by atoms with Crippen molar-refractivity contribution in [3.8, 4) is 0 Å². The highest BCUT2D eigenvalue weighted by Gasteiger charge is 2.29. The molecule has 1 aromatic heterocycles. The highest BCUT2D eigenvalue weighted by Crippen LogP contribution is 2.24. The summed E-state index contributed by atoms with van der Waals surface area (Å²) in [6.45, 7) is 3.80. The third kappa shape index (κ3) is 3.76. The first kappa shape index (κ1) is 17.7. The van der Waals surface area contributed by atoms with Crippen molar-refractivity contribution in [3.05, 3.63) is 41.0 Å². The average Bonchev–Trinajstić information content (AvgIpc) is 2.58. The summed E-state index contributed by atoms with van der Waals surface area (Å²) in [7, 11) is 0. The van der Waals surface area contributed by atoms with Gasteiger partial charge in [-0.25, -0.2) is 9.78 Å². The largest absolute Gasteiger partial charge is 0.452 e. The first-order valence-corrected chi connectivity index (χ1v) is 8.88. The molecule has 1 aliphatic heterocycles. The van der Waals surface area contributed by atoms with E-state index in [0.29, 0.717) is 16.5 Å². The van der Waals surface area contributed by atoms with Gasteiger partial charge in [-0.2, -0.15) is 0 Å². The molecule has 0 aliphatic carbocycles. The van der Waals surface area contributed by atoms with Gasteiger partial charge in [-0.05, 0) is 45.2 Å². The summed E-state index contributed by atoms with van der Waals surface area (Å²) in [5, 5.41) is 0.874. The van der Waals surface area contributed by atoms with Gasteiger partial charge in [-0.3, -0.25) is 4.79 Å². The van der Waals surface area contributed by atoms with Crippen LogP contribution in [0.4, 0.5) is 0 Å². The quantitative estimate of drug-likeness (QED) is 0.616. The van der Waals surface area contributed by atoms with Gasteiger partial charge in [0.2, 0.25) is 0 Å². The Hall–Kier alpha value is -2.14. The Bertz CT molecular complexity index is 798. The summed E-state index contributed by atoms with van der Waals surface area (Å²) in [6.07, 6.45) is 3.08.